The van der Waals surface area contributed by atoms with Gasteiger partial charge in [-0.1, -0.05) is 29.3 Å². The Bertz CT molecular complexity index is 498. The monoisotopic (exact) mass is 245 g/mol. The van der Waals surface area contributed by atoms with E-state index in [9.17, 15) is 0 Å². The highest BCUT2D eigenvalue weighted by Crippen LogP contribution is 2.12. The van der Waals surface area contributed by atoms with E-state index >= 15 is 0 Å². The SMILES string of the molecule is Cc1cc(C)cc(Cc2nnnn2CCCN)c1. The van der Waals surface area contributed by atoms with Crippen molar-refractivity contribution in [2.24, 2.45) is 5.73 Å². The molecule has 0 unspecified atom stereocenters. The molecule has 0 aliphatic heterocycles. The van der Waals surface area contributed by atoms with Crippen molar-refractivity contribution in [2.45, 2.75) is 33.2 Å². The molecule has 0 amide bonds. The Morgan fingerprint density at radius 2 is 1.89 bits per heavy atom. The Morgan fingerprint density at radius 3 is 2.56 bits per heavy atom. The van der Waals surface area contributed by atoms with Crippen molar-refractivity contribution in [3.8, 4) is 0 Å². The van der Waals surface area contributed by atoms with E-state index in [1.54, 1.807) is 0 Å². The van der Waals surface area contributed by atoms with E-state index in [-0.39, 0.29) is 0 Å². The quantitative estimate of drug-likeness (QED) is 0.860. The molecule has 0 saturated heterocycles. The van der Waals surface area contributed by atoms with E-state index < -0.39 is 0 Å². The molecule has 0 radical (unpaired) electrons. The van der Waals surface area contributed by atoms with Gasteiger partial charge in [-0.3, -0.25) is 0 Å². The van der Waals surface area contributed by atoms with Crippen LogP contribution < -0.4 is 5.73 Å². The summed E-state index contributed by atoms with van der Waals surface area (Å²) in [5.41, 5.74) is 9.29. The zero-order chi connectivity index (χ0) is 13.0. The summed E-state index contributed by atoms with van der Waals surface area (Å²) in [5, 5.41) is 11.8. The number of tetrazole rings is 1. The van der Waals surface area contributed by atoms with Crippen LogP contribution in [0.1, 0.15) is 28.9 Å². The van der Waals surface area contributed by atoms with Crippen LogP contribution in [0.4, 0.5) is 0 Å². The van der Waals surface area contributed by atoms with Crippen molar-refractivity contribution in [1.82, 2.24) is 20.2 Å². The molecular weight excluding hydrogens is 226 g/mol. The van der Waals surface area contributed by atoms with Crippen LogP contribution in [0.2, 0.25) is 0 Å². The van der Waals surface area contributed by atoms with Crippen molar-refractivity contribution >= 4 is 0 Å². The minimum atomic E-state index is 0.656. The fourth-order valence-electron chi connectivity index (χ4n) is 2.12. The molecule has 18 heavy (non-hydrogen) atoms. The highest BCUT2D eigenvalue weighted by atomic mass is 15.5. The Labute approximate surface area is 107 Å². The summed E-state index contributed by atoms with van der Waals surface area (Å²) in [6, 6.07) is 6.52. The number of hydrogen-bond acceptors (Lipinski definition) is 4. The van der Waals surface area contributed by atoms with Gasteiger partial charge in [-0.25, -0.2) is 4.68 Å². The Balaban J connectivity index is 2.15. The third kappa shape index (κ3) is 3.13. The maximum atomic E-state index is 5.51. The minimum Gasteiger partial charge on any atom is -0.330 e. The molecule has 96 valence electrons. The van der Waals surface area contributed by atoms with Crippen LogP contribution in [0.15, 0.2) is 18.2 Å². The molecule has 0 saturated carbocycles. The van der Waals surface area contributed by atoms with Gasteiger partial charge < -0.3 is 5.73 Å². The van der Waals surface area contributed by atoms with Gasteiger partial charge in [0.05, 0.1) is 0 Å². The summed E-state index contributed by atoms with van der Waals surface area (Å²) < 4.78 is 1.84. The molecule has 5 heteroatoms. The smallest absolute Gasteiger partial charge is 0.155 e. The largest absolute Gasteiger partial charge is 0.330 e. The standard InChI is InChI=1S/C13H19N5/c1-10-6-11(2)8-12(7-10)9-13-15-16-17-18(13)5-3-4-14/h6-8H,3-5,9,14H2,1-2H3. The molecule has 0 fully saturated rings. The Hall–Kier alpha value is -1.75. The van der Waals surface area contributed by atoms with E-state index in [2.05, 4.69) is 47.6 Å². The lowest BCUT2D eigenvalue weighted by Gasteiger charge is -2.06. The predicted molar refractivity (Wildman–Crippen MR) is 70.2 cm³/mol. The van der Waals surface area contributed by atoms with Crippen LogP contribution in [0.3, 0.4) is 0 Å². The highest BCUT2D eigenvalue weighted by molar-refractivity contribution is 5.30. The van der Waals surface area contributed by atoms with Gasteiger partial charge in [0.15, 0.2) is 5.82 Å². The lowest BCUT2D eigenvalue weighted by Crippen LogP contribution is -2.10. The first-order valence-corrected chi connectivity index (χ1v) is 6.21. The van der Waals surface area contributed by atoms with Gasteiger partial charge in [0, 0.05) is 13.0 Å². The van der Waals surface area contributed by atoms with E-state index in [4.69, 9.17) is 5.73 Å². The molecule has 1 aromatic heterocycles. The Morgan fingerprint density at radius 1 is 1.17 bits per heavy atom. The van der Waals surface area contributed by atoms with Crippen molar-refractivity contribution in [2.75, 3.05) is 6.54 Å². The molecule has 0 bridgehead atoms. The van der Waals surface area contributed by atoms with Gasteiger partial charge in [0.2, 0.25) is 0 Å². The summed E-state index contributed by atoms with van der Waals surface area (Å²) in [6.07, 6.45) is 1.66. The normalized spacial score (nSPS) is 10.8. The van der Waals surface area contributed by atoms with Gasteiger partial charge in [-0.05, 0) is 42.8 Å². The maximum absolute atomic E-state index is 5.51. The lowest BCUT2D eigenvalue weighted by atomic mass is 10.0. The summed E-state index contributed by atoms with van der Waals surface area (Å²) in [5.74, 6) is 0.897. The first kappa shape index (κ1) is 12.7. The van der Waals surface area contributed by atoms with E-state index in [0.717, 1.165) is 25.2 Å². The van der Waals surface area contributed by atoms with E-state index in [1.165, 1.54) is 16.7 Å². The number of rotatable bonds is 5. The summed E-state index contributed by atoms with van der Waals surface area (Å²) in [4.78, 5) is 0. The van der Waals surface area contributed by atoms with Crippen LogP contribution in [-0.2, 0) is 13.0 Å². The zero-order valence-electron chi connectivity index (χ0n) is 10.9. The summed E-state index contributed by atoms with van der Waals surface area (Å²) in [6.45, 7) is 5.65. The molecule has 2 N–H and O–H groups in total. The Kier molecular flexibility index (Phi) is 4.04. The molecule has 5 nitrogen and oxygen atoms in total. The van der Waals surface area contributed by atoms with Gasteiger partial charge in [-0.2, -0.15) is 0 Å². The van der Waals surface area contributed by atoms with Crippen molar-refractivity contribution in [3.63, 3.8) is 0 Å². The number of hydrogen-bond donors (Lipinski definition) is 1. The molecular formula is C13H19N5. The average Bonchev–Trinajstić information content (AvgIpc) is 2.72. The van der Waals surface area contributed by atoms with Gasteiger partial charge >= 0.3 is 0 Å². The number of aromatic nitrogens is 4. The van der Waals surface area contributed by atoms with Gasteiger partial charge in [0.1, 0.15) is 0 Å². The van der Waals surface area contributed by atoms with Gasteiger partial charge in [0.25, 0.3) is 0 Å². The second-order valence-corrected chi connectivity index (χ2v) is 4.63. The minimum absolute atomic E-state index is 0.656. The molecule has 0 atom stereocenters. The zero-order valence-corrected chi connectivity index (χ0v) is 10.9. The molecule has 2 rings (SSSR count). The lowest BCUT2D eigenvalue weighted by molar-refractivity contribution is 0.547. The molecule has 1 aromatic carbocycles. The second kappa shape index (κ2) is 5.73. The first-order chi connectivity index (χ1) is 8.69. The third-order valence-electron chi connectivity index (χ3n) is 2.82. The van der Waals surface area contributed by atoms with E-state index in [1.807, 2.05) is 4.68 Å². The average molecular weight is 245 g/mol. The fourth-order valence-corrected chi connectivity index (χ4v) is 2.12. The molecule has 0 aliphatic carbocycles. The van der Waals surface area contributed by atoms with Crippen LogP contribution >= 0.6 is 0 Å². The summed E-state index contributed by atoms with van der Waals surface area (Å²) in [7, 11) is 0. The summed E-state index contributed by atoms with van der Waals surface area (Å²) >= 11 is 0. The number of nitrogens with zero attached hydrogens (tertiary/aromatic N) is 4. The third-order valence-corrected chi connectivity index (χ3v) is 2.82. The van der Waals surface area contributed by atoms with Crippen LogP contribution in [0.5, 0.6) is 0 Å². The molecule has 0 aliphatic rings. The molecule has 0 spiro atoms. The number of nitrogens with two attached hydrogens (primary N) is 1. The van der Waals surface area contributed by atoms with E-state index in [0.29, 0.717) is 6.54 Å². The van der Waals surface area contributed by atoms with Crippen molar-refractivity contribution < 1.29 is 0 Å². The molecule has 2 aromatic rings. The predicted octanol–water partition coefficient (Wildman–Crippen LogP) is 1.23. The first-order valence-electron chi connectivity index (χ1n) is 6.21. The maximum Gasteiger partial charge on any atom is 0.155 e. The van der Waals surface area contributed by atoms with Crippen molar-refractivity contribution in [3.05, 3.63) is 40.7 Å². The van der Waals surface area contributed by atoms with Crippen LogP contribution in [0, 0.1) is 13.8 Å². The number of benzene rings is 1. The van der Waals surface area contributed by atoms with Gasteiger partial charge in [-0.15, -0.1) is 5.10 Å². The topological polar surface area (TPSA) is 69.6 Å². The second-order valence-electron chi connectivity index (χ2n) is 4.63. The highest BCUT2D eigenvalue weighted by Gasteiger charge is 2.07. The van der Waals surface area contributed by atoms with Crippen LogP contribution in [-0.4, -0.2) is 26.8 Å². The van der Waals surface area contributed by atoms with Crippen LogP contribution in [0.25, 0.3) is 0 Å². The molecule has 1 heterocycles. The van der Waals surface area contributed by atoms with Crippen molar-refractivity contribution in [1.29, 1.82) is 0 Å². The fraction of sp³-hybridized carbons (Fsp3) is 0.462. The number of aryl methyl sites for hydroxylation is 3.